The fraction of sp³-hybridized carbons (Fsp3) is 0.200. The number of pyridine rings is 1. The smallest absolute Gasteiger partial charge is 0.243 e. The highest BCUT2D eigenvalue weighted by molar-refractivity contribution is 9.10. The summed E-state index contributed by atoms with van der Waals surface area (Å²) in [5, 5.41) is 7.87. The number of benzene rings is 1. The molecule has 2 aromatic heterocycles. The van der Waals surface area contributed by atoms with Crippen molar-refractivity contribution in [2.24, 2.45) is 0 Å². The van der Waals surface area contributed by atoms with Gasteiger partial charge >= 0.3 is 0 Å². The summed E-state index contributed by atoms with van der Waals surface area (Å²) >= 11 is 3.49. The number of hydrogen-bond acceptors (Lipinski definition) is 4. The fourth-order valence-corrected chi connectivity index (χ4v) is 3.01. The number of para-hydroxylation sites is 1. The molecular formula is C15H13BrN4O. The maximum atomic E-state index is 5.68. The van der Waals surface area contributed by atoms with Gasteiger partial charge in [-0.15, -0.1) is 5.10 Å². The van der Waals surface area contributed by atoms with Crippen LogP contribution in [0.25, 0.3) is 5.65 Å². The Kier molecular flexibility index (Phi) is 3.03. The summed E-state index contributed by atoms with van der Waals surface area (Å²) in [5.41, 5.74) is 1.96. The van der Waals surface area contributed by atoms with E-state index in [0.29, 0.717) is 12.6 Å². The van der Waals surface area contributed by atoms with Gasteiger partial charge in [0.1, 0.15) is 5.75 Å². The van der Waals surface area contributed by atoms with E-state index in [4.69, 9.17) is 4.74 Å². The Bertz CT molecular complexity index is 801. The fourth-order valence-electron chi connectivity index (χ4n) is 2.58. The van der Waals surface area contributed by atoms with Crippen LogP contribution in [0.15, 0.2) is 47.1 Å². The highest BCUT2D eigenvalue weighted by Crippen LogP contribution is 2.33. The molecule has 3 aromatic rings. The maximum absolute atomic E-state index is 5.68. The van der Waals surface area contributed by atoms with Crippen LogP contribution in [0.4, 0.5) is 5.95 Å². The van der Waals surface area contributed by atoms with Crippen LogP contribution in [-0.4, -0.2) is 21.2 Å². The van der Waals surface area contributed by atoms with Crippen LogP contribution in [0.2, 0.25) is 0 Å². The minimum atomic E-state index is 0.172. The first-order valence-electron chi connectivity index (χ1n) is 6.80. The molecule has 3 heterocycles. The summed E-state index contributed by atoms with van der Waals surface area (Å²) in [6, 6.07) is 12.1. The highest BCUT2D eigenvalue weighted by atomic mass is 79.9. The average molecular weight is 345 g/mol. The van der Waals surface area contributed by atoms with E-state index in [2.05, 4.69) is 37.4 Å². The Morgan fingerprint density at radius 2 is 2.14 bits per heavy atom. The van der Waals surface area contributed by atoms with Gasteiger partial charge in [-0.1, -0.05) is 18.2 Å². The second kappa shape index (κ2) is 5.04. The Labute approximate surface area is 130 Å². The maximum Gasteiger partial charge on any atom is 0.243 e. The van der Waals surface area contributed by atoms with Crippen LogP contribution in [0.5, 0.6) is 5.75 Å². The third-order valence-corrected chi connectivity index (χ3v) is 4.20. The van der Waals surface area contributed by atoms with Gasteiger partial charge in [-0.25, -0.2) is 4.52 Å². The predicted octanol–water partition coefficient (Wildman–Crippen LogP) is 3.43. The van der Waals surface area contributed by atoms with Gasteiger partial charge in [0, 0.05) is 18.2 Å². The summed E-state index contributed by atoms with van der Waals surface area (Å²) in [5.74, 6) is 1.56. The molecule has 1 aliphatic rings. The number of hydrogen-bond donors (Lipinski definition) is 1. The lowest BCUT2D eigenvalue weighted by Gasteiger charge is -2.26. The normalized spacial score (nSPS) is 17.3. The van der Waals surface area contributed by atoms with Gasteiger partial charge in [0.15, 0.2) is 5.65 Å². The van der Waals surface area contributed by atoms with Gasteiger partial charge in [-0.3, -0.25) is 0 Å². The average Bonchev–Trinajstić information content (AvgIpc) is 2.92. The van der Waals surface area contributed by atoms with Crippen LogP contribution in [-0.2, 0) is 0 Å². The summed E-state index contributed by atoms with van der Waals surface area (Å²) in [6.07, 6.45) is 2.78. The van der Waals surface area contributed by atoms with E-state index in [0.717, 1.165) is 27.9 Å². The summed E-state index contributed by atoms with van der Waals surface area (Å²) < 4.78 is 8.37. The van der Waals surface area contributed by atoms with Crippen molar-refractivity contribution in [3.63, 3.8) is 0 Å². The number of aromatic nitrogens is 3. The molecule has 21 heavy (non-hydrogen) atoms. The molecular weight excluding hydrogens is 332 g/mol. The van der Waals surface area contributed by atoms with E-state index in [1.165, 1.54) is 0 Å². The predicted molar refractivity (Wildman–Crippen MR) is 83.6 cm³/mol. The molecule has 4 rings (SSSR count). The minimum Gasteiger partial charge on any atom is -0.493 e. The molecule has 1 aliphatic heterocycles. The zero-order valence-electron chi connectivity index (χ0n) is 11.2. The van der Waals surface area contributed by atoms with Crippen molar-refractivity contribution in [2.45, 2.75) is 12.5 Å². The van der Waals surface area contributed by atoms with Crippen molar-refractivity contribution < 1.29 is 4.74 Å². The number of halogens is 1. The Morgan fingerprint density at radius 3 is 3.05 bits per heavy atom. The number of nitrogens with one attached hydrogen (secondary N) is 1. The van der Waals surface area contributed by atoms with Crippen LogP contribution in [0, 0.1) is 0 Å². The van der Waals surface area contributed by atoms with Crippen LogP contribution in [0.3, 0.4) is 0 Å². The van der Waals surface area contributed by atoms with Crippen LogP contribution >= 0.6 is 15.9 Å². The summed E-state index contributed by atoms with van der Waals surface area (Å²) in [6.45, 7) is 0.700. The van der Waals surface area contributed by atoms with Crippen LogP contribution < -0.4 is 10.1 Å². The second-order valence-corrected chi connectivity index (χ2v) is 5.79. The first kappa shape index (κ1) is 12.6. The molecule has 1 aromatic carbocycles. The first-order chi connectivity index (χ1) is 10.3. The molecule has 0 aliphatic carbocycles. The van der Waals surface area contributed by atoms with Crippen molar-refractivity contribution in [3.05, 3.63) is 52.6 Å². The molecule has 0 saturated carbocycles. The van der Waals surface area contributed by atoms with Crippen molar-refractivity contribution in [1.82, 2.24) is 14.6 Å². The quantitative estimate of drug-likeness (QED) is 0.773. The van der Waals surface area contributed by atoms with Crippen molar-refractivity contribution in [1.29, 1.82) is 0 Å². The van der Waals surface area contributed by atoms with Crippen molar-refractivity contribution >= 4 is 27.5 Å². The lowest BCUT2D eigenvalue weighted by Crippen LogP contribution is -2.20. The van der Waals surface area contributed by atoms with E-state index in [9.17, 15) is 0 Å². The largest absolute Gasteiger partial charge is 0.493 e. The van der Waals surface area contributed by atoms with E-state index in [1.807, 2.05) is 36.5 Å². The van der Waals surface area contributed by atoms with Crippen LogP contribution in [0.1, 0.15) is 18.0 Å². The van der Waals surface area contributed by atoms with Gasteiger partial charge < -0.3 is 10.1 Å². The number of nitrogens with zero attached hydrogens (tertiary/aromatic N) is 3. The number of ether oxygens (including phenoxy) is 1. The molecule has 0 amide bonds. The number of rotatable bonds is 2. The summed E-state index contributed by atoms with van der Waals surface area (Å²) in [7, 11) is 0. The number of fused-ring (bicyclic) bond motifs is 2. The van der Waals surface area contributed by atoms with Gasteiger partial charge in [0.25, 0.3) is 0 Å². The summed E-state index contributed by atoms with van der Waals surface area (Å²) in [4.78, 5) is 4.53. The molecule has 0 spiro atoms. The van der Waals surface area contributed by atoms with E-state index in [1.54, 1.807) is 4.52 Å². The Balaban J connectivity index is 1.68. The SMILES string of the molecule is Brc1cccn2nc(NC3CCOc4ccccc43)nc12. The second-order valence-electron chi connectivity index (χ2n) is 4.93. The van der Waals surface area contributed by atoms with Gasteiger partial charge in [0.05, 0.1) is 17.1 Å². The van der Waals surface area contributed by atoms with Crippen molar-refractivity contribution in [3.8, 4) is 5.75 Å². The standard InChI is InChI=1S/C15H13BrN4O/c16-11-5-3-8-20-14(11)18-15(19-20)17-12-7-9-21-13-6-2-1-4-10(12)13/h1-6,8,12H,7,9H2,(H,17,19). The molecule has 0 saturated heterocycles. The number of anilines is 1. The molecule has 1 N–H and O–H groups in total. The van der Waals surface area contributed by atoms with E-state index in [-0.39, 0.29) is 6.04 Å². The van der Waals surface area contributed by atoms with Crippen molar-refractivity contribution in [2.75, 3.05) is 11.9 Å². The Morgan fingerprint density at radius 1 is 1.24 bits per heavy atom. The van der Waals surface area contributed by atoms with Gasteiger partial charge in [-0.2, -0.15) is 4.98 Å². The Hall–Kier alpha value is -2.08. The molecule has 0 radical (unpaired) electrons. The molecule has 6 heteroatoms. The highest BCUT2D eigenvalue weighted by Gasteiger charge is 2.22. The zero-order chi connectivity index (χ0) is 14.2. The molecule has 1 atom stereocenters. The molecule has 0 bridgehead atoms. The molecule has 1 unspecified atom stereocenters. The molecule has 106 valence electrons. The van der Waals surface area contributed by atoms with Gasteiger partial charge in [-0.05, 0) is 34.1 Å². The first-order valence-corrected chi connectivity index (χ1v) is 7.60. The molecule has 0 fully saturated rings. The zero-order valence-corrected chi connectivity index (χ0v) is 12.7. The topological polar surface area (TPSA) is 51.5 Å². The monoisotopic (exact) mass is 344 g/mol. The molecule has 5 nitrogen and oxygen atoms in total. The lowest BCUT2D eigenvalue weighted by molar-refractivity contribution is 0.274. The minimum absolute atomic E-state index is 0.172. The van der Waals surface area contributed by atoms with E-state index < -0.39 is 0 Å². The lowest BCUT2D eigenvalue weighted by atomic mass is 10.0. The van der Waals surface area contributed by atoms with Gasteiger partial charge in [0.2, 0.25) is 5.95 Å². The third kappa shape index (κ3) is 2.25. The van der Waals surface area contributed by atoms with E-state index >= 15 is 0 Å². The third-order valence-electron chi connectivity index (χ3n) is 3.58.